The Morgan fingerprint density at radius 3 is 2.31 bits per heavy atom. The van der Waals surface area contributed by atoms with E-state index in [1.165, 1.54) is 31.3 Å². The van der Waals surface area contributed by atoms with Crippen LogP contribution in [0.2, 0.25) is 5.02 Å². The molecule has 0 aliphatic rings. The number of aryl methyl sites for hydroxylation is 2. The van der Waals surface area contributed by atoms with E-state index in [0.717, 1.165) is 15.4 Å². The van der Waals surface area contributed by atoms with E-state index in [4.69, 9.17) is 11.6 Å². The summed E-state index contributed by atoms with van der Waals surface area (Å²) < 4.78 is 26.7. The number of rotatable bonds is 5. The summed E-state index contributed by atoms with van der Waals surface area (Å²) in [6.45, 7) is 3.85. The smallest absolute Gasteiger partial charge is 0.264 e. The van der Waals surface area contributed by atoms with E-state index in [1.54, 1.807) is 24.3 Å². The highest BCUT2D eigenvalue weighted by Crippen LogP contribution is 2.28. The Balaban J connectivity index is 1.86. The Bertz CT molecular complexity index is 1160. The Labute approximate surface area is 176 Å². The van der Waals surface area contributed by atoms with Gasteiger partial charge in [-0.3, -0.25) is 9.10 Å². The third-order valence-corrected chi connectivity index (χ3v) is 6.72. The van der Waals surface area contributed by atoms with Gasteiger partial charge < -0.3 is 5.32 Å². The molecule has 7 heteroatoms. The Hall–Kier alpha value is -2.83. The second kappa shape index (κ2) is 8.27. The number of nitrogens with zero attached hydrogens (tertiary/aromatic N) is 1. The molecule has 0 heterocycles. The van der Waals surface area contributed by atoms with Crippen molar-refractivity contribution in [3.05, 3.63) is 88.4 Å². The van der Waals surface area contributed by atoms with Crippen LogP contribution in [0.3, 0.4) is 0 Å². The molecule has 0 bridgehead atoms. The van der Waals surface area contributed by atoms with E-state index in [9.17, 15) is 13.2 Å². The number of benzene rings is 3. The number of anilines is 2. The number of halogens is 1. The van der Waals surface area contributed by atoms with Gasteiger partial charge >= 0.3 is 0 Å². The van der Waals surface area contributed by atoms with Crippen LogP contribution >= 0.6 is 11.6 Å². The summed E-state index contributed by atoms with van der Waals surface area (Å²) in [6.07, 6.45) is 0. The number of carbonyl (C=O) groups is 1. The van der Waals surface area contributed by atoms with Crippen molar-refractivity contribution in [2.75, 3.05) is 16.7 Å². The predicted octanol–water partition coefficient (Wildman–Crippen LogP) is 5.03. The van der Waals surface area contributed by atoms with Crippen molar-refractivity contribution in [1.29, 1.82) is 0 Å². The standard InChI is InChI=1S/C22H21ClN2O3S/c1-15-9-10-16(2)21(13-15)24-22(26)19-12-11-17(14-20(19)23)25(3)29(27,28)18-7-5-4-6-8-18/h4-14H,1-3H3,(H,24,26). The number of nitrogens with one attached hydrogen (secondary N) is 1. The molecule has 0 atom stereocenters. The van der Waals surface area contributed by atoms with Crippen LogP contribution in [-0.4, -0.2) is 21.4 Å². The van der Waals surface area contributed by atoms with E-state index < -0.39 is 10.0 Å². The molecular formula is C22H21ClN2O3S. The molecule has 0 unspecified atom stereocenters. The Kier molecular flexibility index (Phi) is 5.96. The lowest BCUT2D eigenvalue weighted by atomic mass is 10.1. The quantitative estimate of drug-likeness (QED) is 0.619. The fourth-order valence-electron chi connectivity index (χ4n) is 2.83. The number of sulfonamides is 1. The lowest BCUT2D eigenvalue weighted by molar-refractivity contribution is 0.102. The van der Waals surface area contributed by atoms with Crippen molar-refractivity contribution >= 4 is 38.9 Å². The molecule has 0 saturated heterocycles. The third kappa shape index (κ3) is 4.44. The summed E-state index contributed by atoms with van der Waals surface area (Å²) >= 11 is 6.32. The van der Waals surface area contributed by atoms with Crippen molar-refractivity contribution in [2.24, 2.45) is 0 Å². The maximum Gasteiger partial charge on any atom is 0.264 e. The summed E-state index contributed by atoms with van der Waals surface area (Å²) in [4.78, 5) is 12.8. The zero-order valence-electron chi connectivity index (χ0n) is 16.3. The second-order valence-corrected chi connectivity index (χ2v) is 9.10. The molecule has 150 valence electrons. The Morgan fingerprint density at radius 2 is 1.66 bits per heavy atom. The fraction of sp³-hybridized carbons (Fsp3) is 0.136. The normalized spacial score (nSPS) is 11.2. The van der Waals surface area contributed by atoms with E-state index in [2.05, 4.69) is 5.32 Å². The first-order chi connectivity index (χ1) is 13.7. The SMILES string of the molecule is Cc1ccc(C)c(NC(=O)c2ccc(N(C)S(=O)(=O)c3ccccc3)cc2Cl)c1. The van der Waals surface area contributed by atoms with Gasteiger partial charge in [-0.05, 0) is 61.4 Å². The summed E-state index contributed by atoms with van der Waals surface area (Å²) in [7, 11) is -2.28. The Morgan fingerprint density at radius 1 is 0.966 bits per heavy atom. The number of carbonyl (C=O) groups excluding carboxylic acids is 1. The molecule has 0 aliphatic heterocycles. The summed E-state index contributed by atoms with van der Waals surface area (Å²) in [6, 6.07) is 18.5. The largest absolute Gasteiger partial charge is 0.322 e. The van der Waals surface area contributed by atoms with Gasteiger partial charge in [0.2, 0.25) is 0 Å². The minimum atomic E-state index is -3.73. The molecule has 3 rings (SSSR count). The molecule has 0 saturated carbocycles. The zero-order chi connectivity index (χ0) is 21.2. The molecule has 0 aromatic heterocycles. The molecule has 0 aliphatic carbocycles. The topological polar surface area (TPSA) is 66.5 Å². The van der Waals surface area contributed by atoms with Crippen LogP contribution in [0.4, 0.5) is 11.4 Å². The van der Waals surface area contributed by atoms with Crippen LogP contribution in [0.25, 0.3) is 0 Å². The van der Waals surface area contributed by atoms with Gasteiger partial charge in [-0.25, -0.2) is 8.42 Å². The van der Waals surface area contributed by atoms with Gasteiger partial charge in [-0.2, -0.15) is 0 Å². The third-order valence-electron chi connectivity index (χ3n) is 4.60. The second-order valence-electron chi connectivity index (χ2n) is 6.72. The average molecular weight is 429 g/mol. The van der Waals surface area contributed by atoms with Gasteiger partial charge in [0.1, 0.15) is 0 Å². The van der Waals surface area contributed by atoms with E-state index in [1.807, 2.05) is 32.0 Å². The monoisotopic (exact) mass is 428 g/mol. The van der Waals surface area contributed by atoms with Crippen molar-refractivity contribution < 1.29 is 13.2 Å². The van der Waals surface area contributed by atoms with Crippen LogP contribution in [0.15, 0.2) is 71.6 Å². The van der Waals surface area contributed by atoms with Crippen molar-refractivity contribution in [1.82, 2.24) is 0 Å². The predicted molar refractivity (Wildman–Crippen MR) is 117 cm³/mol. The highest BCUT2D eigenvalue weighted by Gasteiger charge is 2.22. The minimum Gasteiger partial charge on any atom is -0.322 e. The number of hydrogen-bond acceptors (Lipinski definition) is 3. The van der Waals surface area contributed by atoms with Crippen molar-refractivity contribution in [3.63, 3.8) is 0 Å². The van der Waals surface area contributed by atoms with Gasteiger partial charge in [0.05, 0.1) is 21.2 Å². The first-order valence-electron chi connectivity index (χ1n) is 8.92. The van der Waals surface area contributed by atoms with Crippen LogP contribution in [0.5, 0.6) is 0 Å². The van der Waals surface area contributed by atoms with Crippen LogP contribution in [0.1, 0.15) is 21.5 Å². The number of hydrogen-bond donors (Lipinski definition) is 1. The molecule has 1 N–H and O–H groups in total. The first kappa shape index (κ1) is 20.9. The molecule has 1 amide bonds. The van der Waals surface area contributed by atoms with E-state index in [0.29, 0.717) is 11.4 Å². The van der Waals surface area contributed by atoms with Gasteiger partial charge in [0, 0.05) is 12.7 Å². The lowest BCUT2D eigenvalue weighted by Gasteiger charge is -2.20. The molecule has 0 spiro atoms. The molecule has 5 nitrogen and oxygen atoms in total. The summed E-state index contributed by atoms with van der Waals surface area (Å²) in [5.74, 6) is -0.358. The van der Waals surface area contributed by atoms with Crippen LogP contribution in [0, 0.1) is 13.8 Å². The maximum absolute atomic E-state index is 12.8. The highest BCUT2D eigenvalue weighted by molar-refractivity contribution is 7.92. The van der Waals surface area contributed by atoms with E-state index in [-0.39, 0.29) is 21.4 Å². The summed E-state index contributed by atoms with van der Waals surface area (Å²) in [5, 5.41) is 3.02. The van der Waals surface area contributed by atoms with Crippen molar-refractivity contribution in [3.8, 4) is 0 Å². The molecule has 0 radical (unpaired) electrons. The lowest BCUT2D eigenvalue weighted by Crippen LogP contribution is -2.26. The van der Waals surface area contributed by atoms with Gasteiger partial charge in [-0.1, -0.05) is 41.9 Å². The molecular weight excluding hydrogens is 408 g/mol. The molecule has 0 fully saturated rings. The van der Waals surface area contributed by atoms with Crippen LogP contribution < -0.4 is 9.62 Å². The first-order valence-corrected chi connectivity index (χ1v) is 10.7. The van der Waals surface area contributed by atoms with Crippen LogP contribution in [-0.2, 0) is 10.0 Å². The molecule has 3 aromatic rings. The summed E-state index contributed by atoms with van der Waals surface area (Å²) in [5.41, 5.74) is 3.30. The average Bonchev–Trinajstić information content (AvgIpc) is 2.70. The molecule has 3 aromatic carbocycles. The molecule has 29 heavy (non-hydrogen) atoms. The van der Waals surface area contributed by atoms with Gasteiger partial charge in [0.25, 0.3) is 15.9 Å². The highest BCUT2D eigenvalue weighted by atomic mass is 35.5. The van der Waals surface area contributed by atoms with Gasteiger partial charge in [0.15, 0.2) is 0 Å². The number of amides is 1. The van der Waals surface area contributed by atoms with Crippen molar-refractivity contribution in [2.45, 2.75) is 18.7 Å². The zero-order valence-corrected chi connectivity index (χ0v) is 17.9. The fourth-order valence-corrected chi connectivity index (χ4v) is 4.30. The maximum atomic E-state index is 12.8. The van der Waals surface area contributed by atoms with E-state index >= 15 is 0 Å². The minimum absolute atomic E-state index is 0.167. The van der Waals surface area contributed by atoms with Gasteiger partial charge in [-0.15, -0.1) is 0 Å².